The van der Waals surface area contributed by atoms with Gasteiger partial charge in [0.1, 0.15) is 0 Å². The molecule has 1 aromatic heterocycles. The summed E-state index contributed by atoms with van der Waals surface area (Å²) in [6.45, 7) is 0. The summed E-state index contributed by atoms with van der Waals surface area (Å²) in [7, 11) is 0. The summed E-state index contributed by atoms with van der Waals surface area (Å²) in [4.78, 5) is 23.4. The molecule has 0 atom stereocenters. The Morgan fingerprint density at radius 3 is 2.73 bits per heavy atom. The highest BCUT2D eigenvalue weighted by molar-refractivity contribution is 14.1. The first kappa shape index (κ1) is 8.24. The first-order chi connectivity index (χ1) is 5.16. The summed E-state index contributed by atoms with van der Waals surface area (Å²) >= 11 is 1.55. The maximum atomic E-state index is 12.4. The van der Waals surface area contributed by atoms with Crippen molar-refractivity contribution in [3.8, 4) is 0 Å². The van der Waals surface area contributed by atoms with E-state index in [1.807, 2.05) is 4.98 Å². The van der Waals surface area contributed by atoms with Gasteiger partial charge in [0.25, 0.3) is 0 Å². The molecule has 1 rings (SSSR count). The number of nitrogens with zero attached hydrogens (tertiary/aromatic N) is 1. The highest BCUT2D eigenvalue weighted by Gasteiger charge is 2.03. The van der Waals surface area contributed by atoms with Gasteiger partial charge in [-0.15, -0.1) is 0 Å². The van der Waals surface area contributed by atoms with Gasteiger partial charge in [0.15, 0.2) is 0 Å². The number of rotatable bonds is 1. The molecule has 0 aliphatic carbocycles. The predicted molar refractivity (Wildman–Crippen MR) is 44.7 cm³/mol. The summed E-state index contributed by atoms with van der Waals surface area (Å²) < 4.78 is 15.1. The molecule has 1 heterocycles. The zero-order valence-electron chi connectivity index (χ0n) is 5.10. The lowest BCUT2D eigenvalue weighted by atomic mass is 10.6. The fourth-order valence-corrected chi connectivity index (χ4v) is 0.965. The molecule has 7 heteroatoms. The Bertz CT molecular complexity index is 370. The smallest absolute Gasteiger partial charge is 0.309 e. The quantitative estimate of drug-likeness (QED) is 0.538. The van der Waals surface area contributed by atoms with Crippen LogP contribution >= 0.6 is 22.9 Å². The maximum absolute atomic E-state index is 12.4. The van der Waals surface area contributed by atoms with Crippen LogP contribution in [0.4, 0.5) is 4.39 Å². The van der Waals surface area contributed by atoms with Gasteiger partial charge < -0.3 is 4.98 Å². The summed E-state index contributed by atoms with van der Waals surface area (Å²) in [5.74, 6) is -1.01. The molecule has 2 N–H and O–H groups in total. The van der Waals surface area contributed by atoms with Crippen LogP contribution in [0.15, 0.2) is 15.8 Å². The molecule has 0 bridgehead atoms. The summed E-state index contributed by atoms with van der Waals surface area (Å²) in [6.07, 6.45) is 0.717. The maximum Gasteiger partial charge on any atom is 0.348 e. The van der Waals surface area contributed by atoms with Gasteiger partial charge in [-0.25, -0.2) is 4.79 Å². The number of H-pyrrole nitrogens is 1. The topological polar surface area (TPSA) is 66.9 Å². The first-order valence-corrected chi connectivity index (χ1v) is 3.61. The van der Waals surface area contributed by atoms with Crippen LogP contribution in [0.2, 0.25) is 0 Å². The summed E-state index contributed by atoms with van der Waals surface area (Å²) in [5.41, 5.74) is -1.70. The van der Waals surface area contributed by atoms with Gasteiger partial charge in [-0.05, 0) is 0 Å². The van der Waals surface area contributed by atoms with Gasteiger partial charge >= 0.3 is 11.2 Å². The number of hydrogen-bond donors (Lipinski definition) is 2. The number of aromatic nitrogens is 2. The van der Waals surface area contributed by atoms with E-state index in [9.17, 15) is 14.0 Å². The average Bonchev–Trinajstić information content (AvgIpc) is 1.99. The molecular formula is C4H3FIN3O2. The van der Waals surface area contributed by atoms with Gasteiger partial charge in [0.05, 0.1) is 22.9 Å². The van der Waals surface area contributed by atoms with E-state index < -0.39 is 17.1 Å². The average molecular weight is 271 g/mol. The van der Waals surface area contributed by atoms with E-state index in [4.69, 9.17) is 0 Å². The number of aromatic amines is 1. The van der Waals surface area contributed by atoms with Crippen LogP contribution in [0.5, 0.6) is 0 Å². The lowest BCUT2D eigenvalue weighted by molar-refractivity contribution is 0.580. The van der Waals surface area contributed by atoms with Gasteiger partial charge in [-0.3, -0.25) is 8.43 Å². The molecule has 0 aliphatic heterocycles. The normalized spacial score (nSPS) is 9.64. The second kappa shape index (κ2) is 3.03. The van der Waals surface area contributed by atoms with Crippen molar-refractivity contribution in [3.05, 3.63) is 32.9 Å². The van der Waals surface area contributed by atoms with Crippen molar-refractivity contribution < 1.29 is 4.39 Å². The number of halogens is 2. The van der Waals surface area contributed by atoms with Crippen molar-refractivity contribution in [2.75, 3.05) is 3.64 Å². The number of nitrogens with one attached hydrogen (secondary N) is 2. The minimum Gasteiger partial charge on any atom is -0.309 e. The second-order valence-electron chi connectivity index (χ2n) is 1.67. The molecule has 0 radical (unpaired) electrons. The van der Waals surface area contributed by atoms with Crippen LogP contribution in [0.25, 0.3) is 0 Å². The summed E-state index contributed by atoms with van der Waals surface area (Å²) in [5, 5.41) is 0. The van der Waals surface area contributed by atoms with Crippen LogP contribution in [-0.4, -0.2) is 9.66 Å². The van der Waals surface area contributed by atoms with E-state index in [1.54, 1.807) is 22.9 Å². The lowest BCUT2D eigenvalue weighted by Crippen LogP contribution is -2.39. The van der Waals surface area contributed by atoms with E-state index in [-0.39, 0.29) is 0 Å². The first-order valence-electron chi connectivity index (χ1n) is 2.53. The third-order valence-corrected chi connectivity index (χ3v) is 1.50. The Labute approximate surface area is 73.7 Å². The molecule has 0 spiro atoms. The van der Waals surface area contributed by atoms with Gasteiger partial charge in [-0.2, -0.15) is 9.07 Å². The number of hydrogen-bond acceptors (Lipinski definition) is 3. The van der Waals surface area contributed by atoms with Gasteiger partial charge in [0, 0.05) is 6.20 Å². The van der Waals surface area contributed by atoms with E-state index >= 15 is 0 Å². The Hall–Kier alpha value is -0.860. The van der Waals surface area contributed by atoms with Crippen molar-refractivity contribution in [2.45, 2.75) is 0 Å². The van der Waals surface area contributed by atoms with Crippen molar-refractivity contribution in [1.29, 1.82) is 0 Å². The Balaban J connectivity index is 3.55. The van der Waals surface area contributed by atoms with Gasteiger partial charge in [-0.1, -0.05) is 0 Å². The molecule has 5 nitrogen and oxygen atoms in total. The monoisotopic (exact) mass is 271 g/mol. The van der Waals surface area contributed by atoms with E-state index in [2.05, 4.69) is 3.64 Å². The van der Waals surface area contributed by atoms with Crippen molar-refractivity contribution >= 4 is 22.9 Å². The fraction of sp³-hybridized carbons (Fsp3) is 0. The van der Waals surface area contributed by atoms with Gasteiger partial charge in [0.2, 0.25) is 5.82 Å². The molecule has 60 valence electrons. The van der Waals surface area contributed by atoms with Crippen LogP contribution in [0.1, 0.15) is 0 Å². The molecular weight excluding hydrogens is 268 g/mol. The van der Waals surface area contributed by atoms with Crippen molar-refractivity contribution in [1.82, 2.24) is 9.66 Å². The molecule has 0 aliphatic rings. The molecule has 11 heavy (non-hydrogen) atoms. The van der Waals surface area contributed by atoms with E-state index in [0.29, 0.717) is 4.68 Å². The molecule has 0 saturated carbocycles. The van der Waals surface area contributed by atoms with Crippen LogP contribution < -0.4 is 14.9 Å². The highest BCUT2D eigenvalue weighted by Crippen LogP contribution is 1.79. The van der Waals surface area contributed by atoms with Crippen LogP contribution in [0.3, 0.4) is 0 Å². The largest absolute Gasteiger partial charge is 0.348 e. The molecule has 0 fully saturated rings. The van der Waals surface area contributed by atoms with E-state index in [1.165, 1.54) is 0 Å². The molecule has 0 saturated heterocycles. The Morgan fingerprint density at radius 2 is 2.27 bits per heavy atom. The van der Waals surface area contributed by atoms with E-state index in [0.717, 1.165) is 6.20 Å². The fourth-order valence-electron chi connectivity index (χ4n) is 0.527. The minimum atomic E-state index is -1.01. The standard InChI is InChI=1S/C4H3FIN3O2/c5-2-1-7-4(11)9(8-6)3(2)10/h1,8H,(H,7,11). The summed E-state index contributed by atoms with van der Waals surface area (Å²) in [6, 6.07) is 0. The predicted octanol–water partition coefficient (Wildman–Crippen LogP) is -0.431. The Morgan fingerprint density at radius 1 is 1.64 bits per heavy atom. The zero-order chi connectivity index (χ0) is 8.43. The molecule has 0 amide bonds. The second-order valence-corrected chi connectivity index (χ2v) is 2.15. The molecule has 0 unspecified atom stereocenters. The van der Waals surface area contributed by atoms with Crippen molar-refractivity contribution in [2.24, 2.45) is 0 Å². The third kappa shape index (κ3) is 1.42. The highest BCUT2D eigenvalue weighted by atomic mass is 127. The zero-order valence-corrected chi connectivity index (χ0v) is 7.25. The third-order valence-electron chi connectivity index (χ3n) is 1.02. The Kier molecular flexibility index (Phi) is 2.27. The molecule has 0 aromatic carbocycles. The molecule has 1 aromatic rings. The lowest BCUT2D eigenvalue weighted by Gasteiger charge is -1.97. The SMILES string of the molecule is O=c1[nH]cc(F)c(=O)n1NI. The van der Waals surface area contributed by atoms with Crippen molar-refractivity contribution in [3.63, 3.8) is 0 Å². The van der Waals surface area contributed by atoms with Crippen LogP contribution in [-0.2, 0) is 0 Å². The van der Waals surface area contributed by atoms with Crippen LogP contribution in [0, 0.1) is 5.82 Å². The minimum absolute atomic E-state index is 0.524.